The number of carbonyl (C=O) groups excluding carboxylic acids is 2. The molecule has 4 rings (SSSR count). The summed E-state index contributed by atoms with van der Waals surface area (Å²) in [5.41, 5.74) is 2.26. The standard InChI is InChI=1S/C20H15N3O3/c24-18-8-4-2-6-16(18)20(26)14-11-22-23(12-14)19(25)9-13-10-21-17-7-3-1-5-15(13)17/h1-8,10-12,21,24H,9H2. The fourth-order valence-electron chi connectivity index (χ4n) is 2.92. The summed E-state index contributed by atoms with van der Waals surface area (Å²) in [5, 5.41) is 14.8. The number of aromatic hydroxyl groups is 1. The maximum absolute atomic E-state index is 12.5. The first-order chi connectivity index (χ1) is 12.6. The summed E-state index contributed by atoms with van der Waals surface area (Å²) >= 11 is 0. The summed E-state index contributed by atoms with van der Waals surface area (Å²) in [5.74, 6) is -0.726. The molecule has 0 unspecified atom stereocenters. The Balaban J connectivity index is 1.57. The molecule has 0 saturated carbocycles. The molecule has 0 aliphatic rings. The van der Waals surface area contributed by atoms with Gasteiger partial charge in [0.1, 0.15) is 5.75 Å². The molecule has 0 radical (unpaired) electrons. The van der Waals surface area contributed by atoms with E-state index < -0.39 is 0 Å². The molecule has 6 nitrogen and oxygen atoms in total. The van der Waals surface area contributed by atoms with Crippen LogP contribution in [-0.2, 0) is 6.42 Å². The monoisotopic (exact) mass is 345 g/mol. The molecule has 0 fully saturated rings. The number of benzene rings is 2. The summed E-state index contributed by atoms with van der Waals surface area (Å²) < 4.78 is 1.16. The Hall–Kier alpha value is -3.67. The van der Waals surface area contributed by atoms with Crippen molar-refractivity contribution in [1.82, 2.24) is 14.8 Å². The highest BCUT2D eigenvalue weighted by atomic mass is 16.3. The van der Waals surface area contributed by atoms with Crippen molar-refractivity contribution in [3.8, 4) is 5.75 Å². The molecule has 0 aliphatic heterocycles. The minimum absolute atomic E-state index is 0.102. The average molecular weight is 345 g/mol. The van der Waals surface area contributed by atoms with Crippen LogP contribution in [0, 0.1) is 0 Å². The second-order valence-electron chi connectivity index (χ2n) is 5.95. The molecule has 0 spiro atoms. The number of hydrogen-bond acceptors (Lipinski definition) is 4. The van der Waals surface area contributed by atoms with Crippen LogP contribution in [0.3, 0.4) is 0 Å². The predicted molar refractivity (Wildman–Crippen MR) is 96.4 cm³/mol. The highest BCUT2D eigenvalue weighted by Gasteiger charge is 2.17. The van der Waals surface area contributed by atoms with E-state index in [1.165, 1.54) is 24.5 Å². The lowest BCUT2D eigenvalue weighted by Crippen LogP contribution is -2.14. The van der Waals surface area contributed by atoms with E-state index in [1.807, 2.05) is 24.3 Å². The van der Waals surface area contributed by atoms with Gasteiger partial charge in [-0.3, -0.25) is 9.59 Å². The number of phenols is 1. The zero-order valence-electron chi connectivity index (χ0n) is 13.7. The van der Waals surface area contributed by atoms with Crippen LogP contribution < -0.4 is 0 Å². The van der Waals surface area contributed by atoms with Gasteiger partial charge in [-0.2, -0.15) is 5.10 Å². The first-order valence-electron chi connectivity index (χ1n) is 8.09. The number of nitrogens with one attached hydrogen (secondary N) is 1. The number of carbonyl (C=O) groups is 2. The Morgan fingerprint density at radius 1 is 1.08 bits per heavy atom. The number of H-pyrrole nitrogens is 1. The smallest absolute Gasteiger partial charge is 0.251 e. The second-order valence-corrected chi connectivity index (χ2v) is 5.95. The summed E-state index contributed by atoms with van der Waals surface area (Å²) in [4.78, 5) is 28.1. The average Bonchev–Trinajstić information content (AvgIpc) is 3.29. The lowest BCUT2D eigenvalue weighted by atomic mass is 10.1. The number of nitrogens with zero attached hydrogens (tertiary/aromatic N) is 2. The SMILES string of the molecule is O=C(c1cnn(C(=O)Cc2c[nH]c3ccccc23)c1)c1ccccc1O. The molecule has 2 N–H and O–H groups in total. The lowest BCUT2D eigenvalue weighted by molar-refractivity contribution is 0.0899. The van der Waals surface area contributed by atoms with E-state index >= 15 is 0 Å². The number of aromatic amines is 1. The molecular formula is C20H15N3O3. The van der Waals surface area contributed by atoms with Crippen LogP contribution in [-0.4, -0.2) is 31.6 Å². The Labute approximate surface area is 148 Å². The summed E-state index contributed by atoms with van der Waals surface area (Å²) in [6, 6.07) is 14.0. The Kier molecular flexibility index (Phi) is 3.85. The van der Waals surface area contributed by atoms with Gasteiger partial charge in [-0.15, -0.1) is 0 Å². The lowest BCUT2D eigenvalue weighted by Gasteiger charge is -2.01. The maximum Gasteiger partial charge on any atom is 0.251 e. The quantitative estimate of drug-likeness (QED) is 0.556. The number of hydrogen-bond donors (Lipinski definition) is 2. The minimum Gasteiger partial charge on any atom is -0.507 e. The predicted octanol–water partition coefficient (Wildman–Crippen LogP) is 3.18. The first-order valence-corrected chi connectivity index (χ1v) is 8.09. The third kappa shape index (κ3) is 2.77. The summed E-state index contributed by atoms with van der Waals surface area (Å²) in [7, 11) is 0. The third-order valence-electron chi connectivity index (χ3n) is 4.27. The van der Waals surface area contributed by atoms with Gasteiger partial charge in [-0.1, -0.05) is 30.3 Å². The number of phenolic OH excluding ortho intramolecular Hbond substituents is 1. The van der Waals surface area contributed by atoms with E-state index in [-0.39, 0.29) is 35.0 Å². The van der Waals surface area contributed by atoms with Gasteiger partial charge >= 0.3 is 0 Å². The van der Waals surface area contributed by atoms with Gasteiger partial charge in [-0.05, 0) is 23.8 Å². The molecule has 0 atom stereocenters. The molecule has 2 heterocycles. The van der Waals surface area contributed by atoms with Gasteiger partial charge in [0.15, 0.2) is 5.78 Å². The van der Waals surface area contributed by atoms with Gasteiger partial charge in [0, 0.05) is 23.3 Å². The van der Waals surface area contributed by atoms with Crippen LogP contribution >= 0.6 is 0 Å². The van der Waals surface area contributed by atoms with Crippen molar-refractivity contribution in [3.05, 3.63) is 83.8 Å². The van der Waals surface area contributed by atoms with Gasteiger partial charge in [-0.25, -0.2) is 4.68 Å². The number of aromatic nitrogens is 3. The van der Waals surface area contributed by atoms with E-state index in [2.05, 4.69) is 10.1 Å². The van der Waals surface area contributed by atoms with E-state index in [4.69, 9.17) is 0 Å². The topological polar surface area (TPSA) is 88.0 Å². The fraction of sp³-hybridized carbons (Fsp3) is 0.0500. The molecule has 0 saturated heterocycles. The van der Waals surface area contributed by atoms with Crippen molar-refractivity contribution in [2.24, 2.45) is 0 Å². The van der Waals surface area contributed by atoms with Gasteiger partial charge < -0.3 is 10.1 Å². The highest BCUT2D eigenvalue weighted by molar-refractivity contribution is 6.10. The van der Waals surface area contributed by atoms with E-state index in [1.54, 1.807) is 18.3 Å². The molecule has 128 valence electrons. The highest BCUT2D eigenvalue weighted by Crippen LogP contribution is 2.21. The van der Waals surface area contributed by atoms with E-state index in [9.17, 15) is 14.7 Å². The zero-order chi connectivity index (χ0) is 18.1. The fourth-order valence-corrected chi connectivity index (χ4v) is 2.92. The van der Waals surface area contributed by atoms with Crippen molar-refractivity contribution in [2.75, 3.05) is 0 Å². The first kappa shape index (κ1) is 15.8. The van der Waals surface area contributed by atoms with Crippen LogP contribution in [0.15, 0.2) is 67.1 Å². The van der Waals surface area contributed by atoms with Crippen LogP contribution in [0.5, 0.6) is 5.75 Å². The largest absolute Gasteiger partial charge is 0.507 e. The summed E-state index contributed by atoms with van der Waals surface area (Å²) in [6.45, 7) is 0. The van der Waals surface area contributed by atoms with Crippen LogP contribution in [0.4, 0.5) is 0 Å². The Morgan fingerprint density at radius 2 is 1.85 bits per heavy atom. The van der Waals surface area contributed by atoms with Crippen molar-refractivity contribution in [2.45, 2.75) is 6.42 Å². The minimum atomic E-state index is -0.380. The van der Waals surface area contributed by atoms with E-state index in [0.717, 1.165) is 21.1 Å². The maximum atomic E-state index is 12.5. The molecular weight excluding hydrogens is 330 g/mol. The Bertz CT molecular complexity index is 1120. The summed E-state index contributed by atoms with van der Waals surface area (Å²) in [6.07, 6.45) is 4.70. The second kappa shape index (κ2) is 6.33. The number of fused-ring (bicyclic) bond motifs is 1. The molecule has 0 amide bonds. The van der Waals surface area contributed by atoms with Crippen molar-refractivity contribution in [3.63, 3.8) is 0 Å². The molecule has 4 aromatic rings. The van der Waals surface area contributed by atoms with Crippen LogP contribution in [0.1, 0.15) is 26.3 Å². The van der Waals surface area contributed by atoms with Crippen molar-refractivity contribution in [1.29, 1.82) is 0 Å². The third-order valence-corrected chi connectivity index (χ3v) is 4.27. The zero-order valence-corrected chi connectivity index (χ0v) is 13.7. The normalized spacial score (nSPS) is 10.9. The number of ketones is 1. The van der Waals surface area contributed by atoms with E-state index in [0.29, 0.717) is 0 Å². The molecule has 2 aromatic carbocycles. The van der Waals surface area contributed by atoms with Crippen molar-refractivity contribution >= 4 is 22.6 Å². The molecule has 0 aliphatic carbocycles. The van der Waals surface area contributed by atoms with Crippen LogP contribution in [0.25, 0.3) is 10.9 Å². The number of para-hydroxylation sites is 2. The van der Waals surface area contributed by atoms with Gasteiger partial charge in [0.2, 0.25) is 0 Å². The van der Waals surface area contributed by atoms with Gasteiger partial charge in [0.25, 0.3) is 5.91 Å². The number of rotatable bonds is 4. The van der Waals surface area contributed by atoms with Crippen LogP contribution in [0.2, 0.25) is 0 Å². The molecule has 6 heteroatoms. The molecule has 2 aromatic heterocycles. The Morgan fingerprint density at radius 3 is 2.69 bits per heavy atom. The molecule has 26 heavy (non-hydrogen) atoms. The van der Waals surface area contributed by atoms with Crippen molar-refractivity contribution < 1.29 is 14.7 Å². The van der Waals surface area contributed by atoms with Gasteiger partial charge in [0.05, 0.1) is 23.7 Å². The molecule has 0 bridgehead atoms.